The van der Waals surface area contributed by atoms with E-state index in [1.165, 1.54) is 16.4 Å². The van der Waals surface area contributed by atoms with Crippen LogP contribution in [-0.2, 0) is 9.59 Å². The topological polar surface area (TPSA) is 87.1 Å². The number of carboxylic acids is 2. The van der Waals surface area contributed by atoms with Gasteiger partial charge in [-0.3, -0.25) is 4.79 Å². The second kappa shape index (κ2) is 5.22. The molecule has 9 heteroatoms. The van der Waals surface area contributed by atoms with Gasteiger partial charge in [0, 0.05) is 11.8 Å². The first-order valence-electron chi connectivity index (χ1n) is 5.90. The molecule has 22 heavy (non-hydrogen) atoms. The molecule has 0 saturated heterocycles. The first-order valence-corrected chi connectivity index (χ1v) is 7.16. The Bertz CT molecular complexity index is 776. The highest BCUT2D eigenvalue weighted by molar-refractivity contribution is 8.06. The third-order valence-corrected chi connectivity index (χ3v) is 4.24. The molecular formula is C13H7ClFNO5S. The summed E-state index contributed by atoms with van der Waals surface area (Å²) in [5.74, 6) is -3.60. The predicted octanol–water partition coefficient (Wildman–Crippen LogP) is 2.99. The van der Waals surface area contributed by atoms with E-state index in [1.54, 1.807) is 0 Å². The van der Waals surface area contributed by atoms with Crippen molar-refractivity contribution in [1.82, 2.24) is 0 Å². The van der Waals surface area contributed by atoms with Crippen LogP contribution in [0.25, 0.3) is 0 Å². The number of anilines is 1. The van der Waals surface area contributed by atoms with Gasteiger partial charge in [0.25, 0.3) is 0 Å². The van der Waals surface area contributed by atoms with Crippen LogP contribution in [0.15, 0.2) is 34.0 Å². The summed E-state index contributed by atoms with van der Waals surface area (Å²) in [5.41, 5.74) is 0.641. The number of benzene rings is 1. The van der Waals surface area contributed by atoms with Crippen LogP contribution >= 0.6 is 23.4 Å². The van der Waals surface area contributed by atoms with Gasteiger partial charge >= 0.3 is 11.9 Å². The number of nitrogens with zero attached hydrogens (tertiary/aromatic N) is 1. The monoisotopic (exact) mass is 343 g/mol. The number of hydrogen-bond acceptors (Lipinski definition) is 5. The van der Waals surface area contributed by atoms with Crippen molar-refractivity contribution in [3.05, 3.63) is 44.9 Å². The first-order chi connectivity index (χ1) is 10.4. The Hall–Kier alpha value is -2.19. The van der Waals surface area contributed by atoms with Crippen molar-refractivity contribution in [3.63, 3.8) is 0 Å². The fraction of sp³-hybridized carbons (Fsp3) is 0.0769. The van der Waals surface area contributed by atoms with Gasteiger partial charge in [-0.05, 0) is 11.5 Å². The van der Waals surface area contributed by atoms with Gasteiger partial charge in [-0.25, -0.2) is 9.18 Å². The molecule has 0 amide bonds. The van der Waals surface area contributed by atoms with Gasteiger partial charge < -0.3 is 19.8 Å². The fourth-order valence-electron chi connectivity index (χ4n) is 2.12. The Morgan fingerprint density at radius 1 is 1.36 bits per heavy atom. The van der Waals surface area contributed by atoms with Crippen LogP contribution in [0.5, 0.6) is 5.75 Å². The molecule has 0 aliphatic carbocycles. The highest BCUT2D eigenvalue weighted by Gasteiger charge is 2.37. The minimum absolute atomic E-state index is 0.0400. The van der Waals surface area contributed by atoms with Gasteiger partial charge in [-0.2, -0.15) is 0 Å². The normalized spacial score (nSPS) is 15.9. The average Bonchev–Trinajstić information content (AvgIpc) is 2.82. The highest BCUT2D eigenvalue weighted by Crippen LogP contribution is 2.49. The molecule has 1 aromatic carbocycles. The number of halogens is 2. The lowest BCUT2D eigenvalue weighted by atomic mass is 10.2. The molecule has 0 fully saturated rings. The molecule has 2 heterocycles. The van der Waals surface area contributed by atoms with Crippen molar-refractivity contribution in [2.45, 2.75) is 6.42 Å². The summed E-state index contributed by atoms with van der Waals surface area (Å²) < 4.78 is 18.8. The molecule has 3 rings (SSSR count). The van der Waals surface area contributed by atoms with Crippen molar-refractivity contribution in [2.24, 2.45) is 0 Å². The lowest BCUT2D eigenvalue weighted by Gasteiger charge is -2.30. The number of thioether (sulfide) groups is 1. The van der Waals surface area contributed by atoms with E-state index in [9.17, 15) is 19.1 Å². The predicted molar refractivity (Wildman–Crippen MR) is 77.1 cm³/mol. The van der Waals surface area contributed by atoms with Crippen molar-refractivity contribution in [1.29, 1.82) is 0 Å². The molecule has 0 aromatic heterocycles. The van der Waals surface area contributed by atoms with Gasteiger partial charge in [0.2, 0.25) is 5.76 Å². The number of rotatable bonds is 3. The molecule has 1 aromatic rings. The van der Waals surface area contributed by atoms with E-state index in [4.69, 9.17) is 21.4 Å². The average molecular weight is 344 g/mol. The second-order valence-corrected chi connectivity index (χ2v) is 5.67. The molecule has 2 aliphatic rings. The van der Waals surface area contributed by atoms with Crippen molar-refractivity contribution in [2.75, 3.05) is 4.90 Å². The summed E-state index contributed by atoms with van der Waals surface area (Å²) in [4.78, 5) is 23.7. The van der Waals surface area contributed by atoms with Gasteiger partial charge in [-0.1, -0.05) is 23.4 Å². The largest absolute Gasteiger partial charge is 0.481 e. The number of carboxylic acid groups (broad SMARTS) is 2. The minimum atomic E-state index is -1.33. The molecule has 0 radical (unpaired) electrons. The summed E-state index contributed by atoms with van der Waals surface area (Å²) >= 11 is 6.78. The zero-order valence-electron chi connectivity index (χ0n) is 10.7. The molecule has 0 bridgehead atoms. The summed E-state index contributed by atoms with van der Waals surface area (Å²) in [6.07, 6.45) is -0.322. The number of fused-ring (bicyclic) bond motifs is 3. The highest BCUT2D eigenvalue weighted by atomic mass is 35.5. The molecular weight excluding hydrogens is 337 g/mol. The molecule has 2 N–H and O–H groups in total. The van der Waals surface area contributed by atoms with E-state index < -0.39 is 23.5 Å². The van der Waals surface area contributed by atoms with Crippen LogP contribution < -0.4 is 9.64 Å². The van der Waals surface area contributed by atoms with E-state index >= 15 is 0 Å². The third-order valence-electron chi connectivity index (χ3n) is 2.97. The van der Waals surface area contributed by atoms with E-state index in [2.05, 4.69) is 0 Å². The van der Waals surface area contributed by atoms with Gasteiger partial charge in [0.05, 0.1) is 17.1 Å². The Morgan fingerprint density at radius 2 is 2.09 bits per heavy atom. The van der Waals surface area contributed by atoms with Crippen LogP contribution in [0.3, 0.4) is 0 Å². The third kappa shape index (κ3) is 2.30. The maximum Gasteiger partial charge on any atom is 0.374 e. The Labute approximate surface area is 132 Å². The van der Waals surface area contributed by atoms with Gasteiger partial charge in [0.15, 0.2) is 5.75 Å². The van der Waals surface area contributed by atoms with Crippen molar-refractivity contribution < 1.29 is 28.9 Å². The number of aliphatic carboxylic acids is 2. The number of ether oxygens (including phenoxy) is 1. The van der Waals surface area contributed by atoms with Gasteiger partial charge in [0.1, 0.15) is 10.8 Å². The lowest BCUT2D eigenvalue weighted by molar-refractivity contribution is -0.136. The summed E-state index contributed by atoms with van der Waals surface area (Å²) in [7, 11) is 0. The number of carbonyl (C=O) groups is 2. The molecule has 0 saturated carbocycles. The van der Waals surface area contributed by atoms with Crippen molar-refractivity contribution >= 4 is 41.0 Å². The maximum atomic E-state index is 13.6. The van der Waals surface area contributed by atoms with Crippen molar-refractivity contribution in [3.8, 4) is 5.75 Å². The summed E-state index contributed by atoms with van der Waals surface area (Å²) in [6.45, 7) is 0. The second-order valence-electron chi connectivity index (χ2n) is 4.41. The minimum Gasteiger partial charge on any atom is -0.481 e. The standard InChI is InChI=1S/C13H7ClFNO5S/c14-6-2-8-9(3-7(6)15)21-11(13(19)20)12-16(8)5(4-22-12)1-10(17)18/h2-4H,1H2,(H,17,18)(H,19,20). The van der Waals surface area contributed by atoms with Gasteiger partial charge in [-0.15, -0.1) is 0 Å². The molecule has 0 spiro atoms. The molecule has 2 aliphatic heterocycles. The van der Waals surface area contributed by atoms with Crippen LogP contribution in [0.4, 0.5) is 10.1 Å². The van der Waals surface area contributed by atoms with Crippen LogP contribution in [-0.4, -0.2) is 22.2 Å². The van der Waals surface area contributed by atoms with Crippen LogP contribution in [0, 0.1) is 5.82 Å². The Morgan fingerprint density at radius 3 is 2.73 bits per heavy atom. The summed E-state index contributed by atoms with van der Waals surface area (Å²) in [5, 5.41) is 19.7. The fourth-order valence-corrected chi connectivity index (χ4v) is 3.27. The molecule has 0 unspecified atom stereocenters. The SMILES string of the molecule is O=C(O)CC1=CSC2=C(C(=O)O)Oc3cc(F)c(Cl)cc3N12. The smallest absolute Gasteiger partial charge is 0.374 e. The van der Waals surface area contributed by atoms with E-state index in [0.29, 0.717) is 11.4 Å². The number of hydrogen-bond donors (Lipinski definition) is 2. The quantitative estimate of drug-likeness (QED) is 0.872. The summed E-state index contributed by atoms with van der Waals surface area (Å²) in [6, 6.07) is 2.24. The molecule has 6 nitrogen and oxygen atoms in total. The van der Waals surface area contributed by atoms with E-state index in [0.717, 1.165) is 17.8 Å². The maximum absolute atomic E-state index is 13.6. The lowest BCUT2D eigenvalue weighted by Crippen LogP contribution is -2.27. The zero-order valence-corrected chi connectivity index (χ0v) is 12.2. The zero-order chi connectivity index (χ0) is 16.0. The molecule has 0 atom stereocenters. The van der Waals surface area contributed by atoms with Crippen LogP contribution in [0.2, 0.25) is 5.02 Å². The van der Waals surface area contributed by atoms with Crippen LogP contribution in [0.1, 0.15) is 6.42 Å². The Balaban J connectivity index is 2.16. The molecule has 114 valence electrons. The Kier molecular flexibility index (Phi) is 3.50. The van der Waals surface area contributed by atoms with E-state index in [1.807, 2.05) is 0 Å². The first kappa shape index (κ1) is 14.7. The van der Waals surface area contributed by atoms with E-state index in [-0.39, 0.29) is 22.2 Å².